The molecule has 0 amide bonds. The second-order valence-electron chi connectivity index (χ2n) is 11.7. The first kappa shape index (κ1) is 22.2. The van der Waals surface area contributed by atoms with Crippen molar-refractivity contribution in [3.63, 3.8) is 0 Å². The van der Waals surface area contributed by atoms with E-state index in [-0.39, 0.29) is 35.2 Å². The van der Waals surface area contributed by atoms with E-state index in [4.69, 9.17) is 14.2 Å². The summed E-state index contributed by atoms with van der Waals surface area (Å²) in [7, 11) is 4.95. The van der Waals surface area contributed by atoms with Gasteiger partial charge in [-0.3, -0.25) is 4.90 Å². The van der Waals surface area contributed by atoms with Crippen LogP contribution in [0.2, 0.25) is 0 Å². The molecular formula is C24H39NO7. The molecule has 8 nitrogen and oxygen atoms in total. The van der Waals surface area contributed by atoms with Crippen molar-refractivity contribution < 1.29 is 34.6 Å². The number of hydrogen-bond acceptors (Lipinski definition) is 8. The Morgan fingerprint density at radius 2 is 1.88 bits per heavy atom. The minimum Gasteiger partial charge on any atom is -0.392 e. The molecule has 6 rings (SSSR count). The zero-order chi connectivity index (χ0) is 22.8. The molecule has 182 valence electrons. The summed E-state index contributed by atoms with van der Waals surface area (Å²) in [6, 6.07) is -0.442. The van der Waals surface area contributed by atoms with E-state index < -0.39 is 41.0 Å². The zero-order valence-electron chi connectivity index (χ0n) is 19.6. The third-order valence-electron chi connectivity index (χ3n) is 11.3. The molecule has 1 unspecified atom stereocenters. The lowest BCUT2D eigenvalue weighted by atomic mass is 9.42. The van der Waals surface area contributed by atoms with E-state index in [9.17, 15) is 20.4 Å². The third-order valence-corrected chi connectivity index (χ3v) is 11.3. The molecule has 1 heterocycles. The van der Waals surface area contributed by atoms with E-state index in [0.29, 0.717) is 32.4 Å². The van der Waals surface area contributed by atoms with Gasteiger partial charge in [-0.05, 0) is 31.7 Å². The molecule has 0 aromatic carbocycles. The van der Waals surface area contributed by atoms with Gasteiger partial charge < -0.3 is 34.6 Å². The van der Waals surface area contributed by atoms with Gasteiger partial charge in [-0.1, -0.05) is 6.92 Å². The van der Waals surface area contributed by atoms with Crippen LogP contribution in [0.25, 0.3) is 0 Å². The molecule has 0 aromatic heterocycles. The smallest absolute Gasteiger partial charge is 0.136 e. The predicted octanol–water partition coefficient (Wildman–Crippen LogP) is -0.383. The lowest BCUT2D eigenvalue weighted by molar-refractivity contribution is -0.323. The van der Waals surface area contributed by atoms with Gasteiger partial charge in [0, 0.05) is 62.9 Å². The van der Waals surface area contributed by atoms with Crippen LogP contribution >= 0.6 is 0 Å². The number of methoxy groups -OCH3 is 3. The molecule has 6 aliphatic rings. The fourth-order valence-corrected chi connectivity index (χ4v) is 10.8. The van der Waals surface area contributed by atoms with Crippen LogP contribution in [-0.2, 0) is 14.2 Å². The number of nitrogens with zero attached hydrogens (tertiary/aromatic N) is 1. The van der Waals surface area contributed by atoms with Gasteiger partial charge in [-0.15, -0.1) is 0 Å². The monoisotopic (exact) mass is 453 g/mol. The molecule has 5 saturated carbocycles. The molecule has 1 aliphatic heterocycles. The molecule has 5 aliphatic carbocycles. The van der Waals surface area contributed by atoms with Gasteiger partial charge in [0.25, 0.3) is 0 Å². The van der Waals surface area contributed by atoms with Crippen molar-refractivity contribution >= 4 is 0 Å². The summed E-state index contributed by atoms with van der Waals surface area (Å²) >= 11 is 0. The molecular weight excluding hydrogens is 414 g/mol. The number of ether oxygens (including phenoxy) is 3. The van der Waals surface area contributed by atoms with Gasteiger partial charge >= 0.3 is 0 Å². The third kappa shape index (κ3) is 1.96. The summed E-state index contributed by atoms with van der Waals surface area (Å²) in [5.41, 5.74) is -3.85. The molecule has 1 spiro atoms. The van der Waals surface area contributed by atoms with E-state index in [2.05, 4.69) is 11.8 Å². The van der Waals surface area contributed by atoms with E-state index in [1.807, 2.05) is 0 Å². The summed E-state index contributed by atoms with van der Waals surface area (Å²) in [6.45, 7) is 3.98. The number of fused-ring (bicyclic) bond motifs is 2. The van der Waals surface area contributed by atoms with Crippen LogP contribution in [0.3, 0.4) is 0 Å². The summed E-state index contributed by atoms with van der Waals surface area (Å²) in [5.74, 6) is -0.800. The Morgan fingerprint density at radius 3 is 2.50 bits per heavy atom. The lowest BCUT2D eigenvalue weighted by Gasteiger charge is -2.70. The van der Waals surface area contributed by atoms with Crippen LogP contribution < -0.4 is 0 Å². The Hall–Kier alpha value is -0.320. The van der Waals surface area contributed by atoms with Crippen molar-refractivity contribution in [1.29, 1.82) is 0 Å². The highest BCUT2D eigenvalue weighted by Crippen LogP contribution is 2.80. The van der Waals surface area contributed by atoms with Gasteiger partial charge in [-0.2, -0.15) is 0 Å². The zero-order valence-corrected chi connectivity index (χ0v) is 19.6. The van der Waals surface area contributed by atoms with Crippen LogP contribution in [0.4, 0.5) is 0 Å². The number of aliphatic hydroxyl groups is 4. The average molecular weight is 454 g/mol. The largest absolute Gasteiger partial charge is 0.392 e. The number of hydrogen-bond donors (Lipinski definition) is 4. The number of likely N-dealkylation sites (tertiary alicyclic amines) is 1. The van der Waals surface area contributed by atoms with Crippen LogP contribution in [0.5, 0.6) is 0 Å². The van der Waals surface area contributed by atoms with Gasteiger partial charge in [-0.25, -0.2) is 0 Å². The Kier molecular flexibility index (Phi) is 4.62. The first-order valence-corrected chi connectivity index (χ1v) is 12.3. The Morgan fingerprint density at radius 1 is 1.12 bits per heavy atom. The second-order valence-corrected chi connectivity index (χ2v) is 11.7. The average Bonchev–Trinajstić information content (AvgIpc) is 3.12. The van der Waals surface area contributed by atoms with E-state index in [1.165, 1.54) is 0 Å². The summed E-state index contributed by atoms with van der Waals surface area (Å²) in [4.78, 5) is 2.28. The maximum atomic E-state index is 12.8. The highest BCUT2D eigenvalue weighted by atomic mass is 16.5. The van der Waals surface area contributed by atoms with E-state index in [1.54, 1.807) is 21.3 Å². The molecule has 7 bridgehead atoms. The SMILES string of the molecule is CCN1C[C@]2(COC)CC[C@H](O)[C@]34C1[C@](O)([C@@H](O)[C@H]23)[C@@]1(OC)C[C@H](OC)[C@H]2C[C@@H]4[C@@H]1[C@H]2O. The van der Waals surface area contributed by atoms with Crippen molar-refractivity contribution in [3.8, 4) is 0 Å². The second kappa shape index (κ2) is 6.66. The summed E-state index contributed by atoms with van der Waals surface area (Å²) in [6.07, 6.45) is -0.201. The molecule has 0 radical (unpaired) electrons. The highest BCUT2D eigenvalue weighted by Gasteiger charge is 2.91. The number of likely N-dealkylation sites (N-methyl/N-ethyl adjacent to an activating group) is 1. The van der Waals surface area contributed by atoms with Gasteiger partial charge in [0.15, 0.2) is 0 Å². The molecule has 32 heavy (non-hydrogen) atoms. The number of rotatable bonds is 5. The quantitative estimate of drug-likeness (QED) is 0.446. The maximum absolute atomic E-state index is 12.8. The van der Waals surface area contributed by atoms with Crippen molar-refractivity contribution in [2.24, 2.45) is 34.5 Å². The molecule has 4 N–H and O–H groups in total. The van der Waals surface area contributed by atoms with E-state index in [0.717, 1.165) is 13.0 Å². The molecule has 1 saturated heterocycles. The Labute approximate surface area is 189 Å². The van der Waals surface area contributed by atoms with E-state index >= 15 is 0 Å². The Bertz CT molecular complexity index is 798. The molecule has 8 heteroatoms. The highest BCUT2D eigenvalue weighted by molar-refractivity contribution is 5.41. The Balaban J connectivity index is 1.67. The van der Waals surface area contributed by atoms with Gasteiger partial charge in [0.2, 0.25) is 0 Å². The minimum absolute atomic E-state index is 0.0607. The standard InChI is InChI=1S/C24H39NO7/c1-5-25-10-21(11-30-2)7-6-15(26)23-13-8-12-14(31-3)9-22(32-4,16(13)17(12)27)24(29,20(23)25)19(28)18(21)23/h12-20,26-29H,5-11H2,1-4H3/t12-,13-,14+,15+,16-,17+,18-,19+,20?,21+,22-,23+,24-/m1/s1. The molecule has 0 aromatic rings. The van der Waals surface area contributed by atoms with Crippen LogP contribution in [0.1, 0.15) is 32.6 Å². The lowest BCUT2D eigenvalue weighted by Crippen LogP contribution is -2.82. The molecule has 13 atom stereocenters. The van der Waals surface area contributed by atoms with Crippen molar-refractivity contribution in [3.05, 3.63) is 0 Å². The maximum Gasteiger partial charge on any atom is 0.136 e. The van der Waals surface area contributed by atoms with Gasteiger partial charge in [0.05, 0.1) is 37.1 Å². The van der Waals surface area contributed by atoms with Crippen molar-refractivity contribution in [2.45, 2.75) is 74.3 Å². The minimum atomic E-state index is -1.63. The fourth-order valence-electron chi connectivity index (χ4n) is 10.8. The van der Waals surface area contributed by atoms with Crippen LogP contribution in [0, 0.1) is 34.5 Å². The number of piperidine rings is 1. The van der Waals surface area contributed by atoms with Crippen molar-refractivity contribution in [2.75, 3.05) is 41.0 Å². The predicted molar refractivity (Wildman–Crippen MR) is 114 cm³/mol. The van der Waals surface area contributed by atoms with Crippen molar-refractivity contribution in [1.82, 2.24) is 4.90 Å². The first-order chi connectivity index (χ1) is 15.2. The number of aliphatic hydroxyl groups excluding tert-OH is 3. The summed E-state index contributed by atoms with van der Waals surface area (Å²) in [5, 5.41) is 48.2. The summed E-state index contributed by atoms with van der Waals surface area (Å²) < 4.78 is 17.8. The fraction of sp³-hybridized carbons (Fsp3) is 1.00. The normalized spacial score (nSPS) is 62.4. The van der Waals surface area contributed by atoms with Crippen LogP contribution in [-0.4, -0.2) is 108 Å². The first-order valence-electron chi connectivity index (χ1n) is 12.3. The van der Waals surface area contributed by atoms with Crippen LogP contribution in [0.15, 0.2) is 0 Å². The topological polar surface area (TPSA) is 112 Å². The molecule has 6 fully saturated rings. The van der Waals surface area contributed by atoms with Gasteiger partial charge in [0.1, 0.15) is 11.2 Å².